The highest BCUT2D eigenvalue weighted by Gasteiger charge is 2.46. The Kier molecular flexibility index (Phi) is 6.58. The first-order valence-corrected chi connectivity index (χ1v) is 11.4. The Morgan fingerprint density at radius 1 is 0.939 bits per heavy atom. The summed E-state index contributed by atoms with van der Waals surface area (Å²) in [5.41, 5.74) is 1.97. The van der Waals surface area contributed by atoms with Crippen molar-refractivity contribution in [3.8, 4) is 5.75 Å². The molecule has 3 amide bonds. The van der Waals surface area contributed by atoms with Crippen LogP contribution in [0, 0.1) is 6.92 Å². The van der Waals surface area contributed by atoms with Gasteiger partial charge in [0.25, 0.3) is 11.8 Å². The minimum absolute atomic E-state index is 0.0430. The lowest BCUT2D eigenvalue weighted by Gasteiger charge is -2.37. The van der Waals surface area contributed by atoms with Gasteiger partial charge in [0.2, 0.25) is 5.91 Å². The molecule has 2 aromatic rings. The van der Waals surface area contributed by atoms with Crippen LogP contribution in [0.5, 0.6) is 5.75 Å². The minimum atomic E-state index is -0.831. The van der Waals surface area contributed by atoms with Gasteiger partial charge in [0.15, 0.2) is 0 Å². The molecule has 1 atom stereocenters. The number of anilines is 1. The Balaban J connectivity index is 1.62. The van der Waals surface area contributed by atoms with Gasteiger partial charge in [-0.15, -0.1) is 0 Å². The summed E-state index contributed by atoms with van der Waals surface area (Å²) in [7, 11) is 0. The van der Waals surface area contributed by atoms with Gasteiger partial charge in [-0.05, 0) is 56.2 Å². The van der Waals surface area contributed by atoms with E-state index in [9.17, 15) is 19.2 Å². The number of aryl methyl sites for hydroxylation is 1. The second kappa shape index (κ2) is 9.57. The van der Waals surface area contributed by atoms with Crippen molar-refractivity contribution in [2.75, 3.05) is 4.90 Å². The van der Waals surface area contributed by atoms with E-state index in [2.05, 4.69) is 0 Å². The standard InChI is InChI=1S/C26H28N2O5/c1-17-8-10-19(11-9-17)25(31)27(20-6-4-3-5-7-20)23-16-24(30)28(26(23)32)21-12-14-22(15-13-21)33-18(2)29/h8-15,20,23H,3-7,16H2,1-2H3. The Morgan fingerprint density at radius 2 is 1.58 bits per heavy atom. The van der Waals surface area contributed by atoms with Crippen LogP contribution in [0.2, 0.25) is 0 Å². The van der Waals surface area contributed by atoms with E-state index in [0.29, 0.717) is 17.0 Å². The normalized spacial score (nSPS) is 19.0. The smallest absolute Gasteiger partial charge is 0.308 e. The molecule has 0 bridgehead atoms. The van der Waals surface area contributed by atoms with Crippen molar-refractivity contribution in [2.45, 2.75) is 64.5 Å². The maximum atomic E-state index is 13.6. The molecular formula is C26H28N2O5. The fraction of sp³-hybridized carbons (Fsp3) is 0.385. The number of amides is 3. The second-order valence-corrected chi connectivity index (χ2v) is 8.75. The number of hydrogen-bond donors (Lipinski definition) is 0. The number of ether oxygens (including phenoxy) is 1. The van der Waals surface area contributed by atoms with Crippen molar-refractivity contribution in [2.24, 2.45) is 0 Å². The quantitative estimate of drug-likeness (QED) is 0.392. The molecule has 0 N–H and O–H groups in total. The zero-order chi connectivity index (χ0) is 23.5. The molecule has 2 aromatic carbocycles. The Labute approximate surface area is 193 Å². The predicted octanol–water partition coefficient (Wildman–Crippen LogP) is 4.03. The molecule has 0 aromatic heterocycles. The molecule has 172 valence electrons. The van der Waals surface area contributed by atoms with E-state index in [1.54, 1.807) is 41.3 Å². The van der Waals surface area contributed by atoms with Crippen LogP contribution in [0.4, 0.5) is 5.69 Å². The first-order valence-electron chi connectivity index (χ1n) is 11.4. The average Bonchev–Trinajstić information content (AvgIpc) is 3.09. The summed E-state index contributed by atoms with van der Waals surface area (Å²) in [6, 6.07) is 12.6. The highest BCUT2D eigenvalue weighted by Crippen LogP contribution is 2.32. The van der Waals surface area contributed by atoms with Crippen molar-refractivity contribution in [1.82, 2.24) is 4.90 Å². The van der Waals surface area contributed by atoms with Crippen LogP contribution in [0.25, 0.3) is 0 Å². The van der Waals surface area contributed by atoms with Crippen LogP contribution in [0.15, 0.2) is 48.5 Å². The van der Waals surface area contributed by atoms with Crippen LogP contribution < -0.4 is 9.64 Å². The van der Waals surface area contributed by atoms with E-state index in [0.717, 1.165) is 42.6 Å². The third-order valence-electron chi connectivity index (χ3n) is 6.32. The number of imide groups is 1. The molecule has 1 aliphatic carbocycles. The Morgan fingerprint density at radius 3 is 2.18 bits per heavy atom. The van der Waals surface area contributed by atoms with E-state index >= 15 is 0 Å². The van der Waals surface area contributed by atoms with E-state index in [1.807, 2.05) is 19.1 Å². The summed E-state index contributed by atoms with van der Waals surface area (Å²) in [6.07, 6.45) is 4.72. The molecule has 1 unspecified atom stereocenters. The van der Waals surface area contributed by atoms with E-state index in [4.69, 9.17) is 4.74 Å². The van der Waals surface area contributed by atoms with Gasteiger partial charge in [0.05, 0.1) is 12.1 Å². The van der Waals surface area contributed by atoms with Gasteiger partial charge < -0.3 is 9.64 Å². The molecule has 1 aliphatic heterocycles. The average molecular weight is 449 g/mol. The van der Waals surface area contributed by atoms with Crippen molar-refractivity contribution < 1.29 is 23.9 Å². The fourth-order valence-corrected chi connectivity index (χ4v) is 4.70. The van der Waals surface area contributed by atoms with Gasteiger partial charge in [0.1, 0.15) is 11.8 Å². The molecule has 33 heavy (non-hydrogen) atoms. The lowest BCUT2D eigenvalue weighted by molar-refractivity contribution is -0.132. The van der Waals surface area contributed by atoms with Gasteiger partial charge in [-0.1, -0.05) is 37.0 Å². The SMILES string of the molecule is CC(=O)Oc1ccc(N2C(=O)CC(N(C(=O)c3ccc(C)cc3)C3CCCCC3)C2=O)cc1. The lowest BCUT2D eigenvalue weighted by atomic mass is 9.92. The fourth-order valence-electron chi connectivity index (χ4n) is 4.70. The highest BCUT2D eigenvalue weighted by molar-refractivity contribution is 6.23. The first-order chi connectivity index (χ1) is 15.8. The number of esters is 1. The van der Waals surface area contributed by atoms with Crippen molar-refractivity contribution in [1.29, 1.82) is 0 Å². The number of hydrogen-bond acceptors (Lipinski definition) is 5. The summed E-state index contributed by atoms with van der Waals surface area (Å²) in [5.74, 6) is -1.07. The highest BCUT2D eigenvalue weighted by atomic mass is 16.5. The van der Waals surface area contributed by atoms with Crippen LogP contribution in [-0.4, -0.2) is 40.7 Å². The molecule has 7 nitrogen and oxygen atoms in total. The second-order valence-electron chi connectivity index (χ2n) is 8.75. The molecule has 4 rings (SSSR count). The van der Waals surface area contributed by atoms with Gasteiger partial charge in [-0.2, -0.15) is 0 Å². The lowest BCUT2D eigenvalue weighted by Crippen LogP contribution is -2.51. The zero-order valence-electron chi connectivity index (χ0n) is 19.0. The Bertz CT molecular complexity index is 1060. The summed E-state index contributed by atoms with van der Waals surface area (Å²) in [5, 5.41) is 0. The molecule has 0 spiro atoms. The molecule has 1 saturated heterocycles. The third-order valence-corrected chi connectivity index (χ3v) is 6.32. The number of rotatable bonds is 5. The predicted molar refractivity (Wildman–Crippen MR) is 123 cm³/mol. The molecule has 1 heterocycles. The molecule has 2 fully saturated rings. The van der Waals surface area contributed by atoms with Crippen molar-refractivity contribution in [3.63, 3.8) is 0 Å². The zero-order valence-corrected chi connectivity index (χ0v) is 19.0. The molecule has 7 heteroatoms. The van der Waals surface area contributed by atoms with Gasteiger partial charge >= 0.3 is 5.97 Å². The van der Waals surface area contributed by atoms with Gasteiger partial charge in [-0.3, -0.25) is 19.2 Å². The van der Waals surface area contributed by atoms with E-state index < -0.39 is 17.9 Å². The summed E-state index contributed by atoms with van der Waals surface area (Å²) in [6.45, 7) is 3.26. The summed E-state index contributed by atoms with van der Waals surface area (Å²) in [4.78, 5) is 53.9. The van der Waals surface area contributed by atoms with Crippen LogP contribution in [0.1, 0.15) is 61.4 Å². The molecule has 0 radical (unpaired) electrons. The maximum absolute atomic E-state index is 13.6. The summed E-state index contributed by atoms with van der Waals surface area (Å²) >= 11 is 0. The number of carbonyl (C=O) groups is 4. The van der Waals surface area contributed by atoms with Crippen LogP contribution in [-0.2, 0) is 14.4 Å². The van der Waals surface area contributed by atoms with Crippen molar-refractivity contribution >= 4 is 29.4 Å². The number of nitrogens with zero attached hydrogens (tertiary/aromatic N) is 2. The monoisotopic (exact) mass is 448 g/mol. The number of carbonyl (C=O) groups excluding carboxylic acids is 4. The largest absolute Gasteiger partial charge is 0.427 e. The molecule has 2 aliphatic rings. The topological polar surface area (TPSA) is 84.0 Å². The van der Waals surface area contributed by atoms with Crippen LogP contribution >= 0.6 is 0 Å². The molecular weight excluding hydrogens is 420 g/mol. The maximum Gasteiger partial charge on any atom is 0.308 e. The van der Waals surface area contributed by atoms with Gasteiger partial charge in [0, 0.05) is 18.5 Å². The third kappa shape index (κ3) is 4.82. The van der Waals surface area contributed by atoms with Crippen LogP contribution in [0.3, 0.4) is 0 Å². The summed E-state index contributed by atoms with van der Waals surface area (Å²) < 4.78 is 5.03. The van der Waals surface area contributed by atoms with E-state index in [1.165, 1.54) is 6.92 Å². The van der Waals surface area contributed by atoms with Gasteiger partial charge in [-0.25, -0.2) is 4.90 Å². The number of benzene rings is 2. The first kappa shape index (κ1) is 22.7. The van der Waals surface area contributed by atoms with E-state index in [-0.39, 0.29) is 24.3 Å². The molecule has 1 saturated carbocycles. The Hall–Kier alpha value is -3.48. The minimum Gasteiger partial charge on any atom is -0.427 e. The van der Waals surface area contributed by atoms with Crippen molar-refractivity contribution in [3.05, 3.63) is 59.7 Å².